The second-order valence-corrected chi connectivity index (χ2v) is 8.15. The minimum absolute atomic E-state index is 0.225. The molecule has 9 heteroatoms. The number of rotatable bonds is 8. The second kappa shape index (κ2) is 9.71. The Bertz CT molecular complexity index is 1090. The lowest BCUT2D eigenvalue weighted by Gasteiger charge is -2.13. The Balaban J connectivity index is 2.08. The van der Waals surface area contributed by atoms with Crippen molar-refractivity contribution in [1.29, 1.82) is 10.8 Å². The van der Waals surface area contributed by atoms with E-state index in [1.54, 1.807) is 13.1 Å². The van der Waals surface area contributed by atoms with E-state index in [0.29, 0.717) is 39.3 Å². The van der Waals surface area contributed by atoms with E-state index in [9.17, 15) is 0 Å². The Morgan fingerprint density at radius 1 is 1.27 bits per heavy atom. The Labute approximate surface area is 183 Å². The van der Waals surface area contributed by atoms with Crippen LogP contribution in [0.2, 0.25) is 5.02 Å². The molecule has 0 fully saturated rings. The van der Waals surface area contributed by atoms with Gasteiger partial charge in [0.1, 0.15) is 17.2 Å². The van der Waals surface area contributed by atoms with Gasteiger partial charge in [0, 0.05) is 29.9 Å². The predicted molar refractivity (Wildman–Crippen MR) is 123 cm³/mol. The number of hydrogen-bond acceptors (Lipinski definition) is 6. The number of amidine groups is 1. The standard InChI is InChI=1S/C21H22ClN7S/c1-12(25)18(16-9-14(10-23)6-7-27-16)21-29-17(19(30-21)20(26)28-11-24)8-13-2-4-15(22)5-3-13/h2-7,9,11,18,25H,8,10,23H2,1H3,(H3,24,26,28). The zero-order chi connectivity index (χ0) is 21.7. The molecule has 2 heterocycles. The lowest BCUT2D eigenvalue weighted by atomic mass is 9.99. The molecule has 2 aromatic heterocycles. The molecule has 3 rings (SSSR count). The van der Waals surface area contributed by atoms with Crippen molar-refractivity contribution in [2.24, 2.45) is 16.5 Å². The molecule has 0 saturated heterocycles. The van der Waals surface area contributed by atoms with Gasteiger partial charge in [-0.1, -0.05) is 23.7 Å². The monoisotopic (exact) mass is 439 g/mol. The first-order valence-corrected chi connectivity index (χ1v) is 10.4. The van der Waals surface area contributed by atoms with Crippen molar-refractivity contribution in [3.63, 3.8) is 0 Å². The average molecular weight is 440 g/mol. The quantitative estimate of drug-likeness (QED) is 0.313. The first kappa shape index (κ1) is 21.8. The number of nitrogens with one attached hydrogen (secondary N) is 2. The summed E-state index contributed by atoms with van der Waals surface area (Å²) in [5, 5.41) is 17.0. The molecule has 30 heavy (non-hydrogen) atoms. The third kappa shape index (κ3) is 4.96. The van der Waals surface area contributed by atoms with E-state index >= 15 is 0 Å². The van der Waals surface area contributed by atoms with Crippen molar-refractivity contribution in [2.45, 2.75) is 25.8 Å². The third-order valence-corrected chi connectivity index (χ3v) is 5.93. The molecule has 0 aliphatic rings. The maximum atomic E-state index is 8.35. The molecule has 1 aromatic carbocycles. The van der Waals surface area contributed by atoms with Gasteiger partial charge in [0.2, 0.25) is 0 Å². The number of benzene rings is 1. The van der Waals surface area contributed by atoms with Crippen molar-refractivity contribution < 1.29 is 0 Å². The molecular weight excluding hydrogens is 418 g/mol. The fourth-order valence-electron chi connectivity index (χ4n) is 3.05. The fraction of sp³-hybridized carbons (Fsp3) is 0.190. The molecule has 0 radical (unpaired) electrons. The summed E-state index contributed by atoms with van der Waals surface area (Å²) >= 11 is 7.36. The maximum absolute atomic E-state index is 8.35. The number of pyridine rings is 1. The second-order valence-electron chi connectivity index (χ2n) is 6.68. The van der Waals surface area contributed by atoms with E-state index in [0.717, 1.165) is 23.2 Å². The van der Waals surface area contributed by atoms with Gasteiger partial charge in [-0.3, -0.25) is 10.4 Å². The summed E-state index contributed by atoms with van der Waals surface area (Å²) in [6.45, 7) is 2.12. The van der Waals surface area contributed by atoms with Crippen LogP contribution >= 0.6 is 22.9 Å². The normalized spacial score (nSPS) is 12.6. The molecule has 3 aromatic rings. The van der Waals surface area contributed by atoms with Crippen molar-refractivity contribution in [2.75, 3.05) is 0 Å². The van der Waals surface area contributed by atoms with Crippen molar-refractivity contribution >= 4 is 40.8 Å². The molecule has 0 aliphatic heterocycles. The summed E-state index contributed by atoms with van der Waals surface area (Å²) in [4.78, 5) is 13.9. The highest BCUT2D eigenvalue weighted by molar-refractivity contribution is 7.14. The van der Waals surface area contributed by atoms with E-state index in [1.165, 1.54) is 11.3 Å². The molecule has 0 spiro atoms. The molecule has 154 valence electrons. The van der Waals surface area contributed by atoms with Crippen LogP contribution in [0.15, 0.2) is 47.6 Å². The zero-order valence-corrected chi connectivity index (χ0v) is 18.0. The van der Waals surface area contributed by atoms with Crippen LogP contribution in [0.25, 0.3) is 0 Å². The van der Waals surface area contributed by atoms with E-state index in [1.807, 2.05) is 36.4 Å². The Morgan fingerprint density at radius 3 is 2.63 bits per heavy atom. The van der Waals surface area contributed by atoms with Crippen LogP contribution in [-0.4, -0.2) is 27.9 Å². The average Bonchev–Trinajstić information content (AvgIpc) is 3.13. The van der Waals surface area contributed by atoms with Crippen molar-refractivity contribution in [3.8, 4) is 0 Å². The molecule has 1 unspecified atom stereocenters. The van der Waals surface area contributed by atoms with Gasteiger partial charge in [-0.15, -0.1) is 11.3 Å². The molecule has 1 atom stereocenters. The van der Waals surface area contributed by atoms with Gasteiger partial charge in [0.25, 0.3) is 0 Å². The van der Waals surface area contributed by atoms with Gasteiger partial charge in [0.15, 0.2) is 0 Å². The first-order chi connectivity index (χ1) is 14.4. The van der Waals surface area contributed by atoms with Crippen molar-refractivity contribution in [3.05, 3.63) is 80.0 Å². The van der Waals surface area contributed by atoms with Crippen LogP contribution in [0.3, 0.4) is 0 Å². The van der Waals surface area contributed by atoms with Gasteiger partial charge >= 0.3 is 0 Å². The highest BCUT2D eigenvalue weighted by atomic mass is 35.5. The highest BCUT2D eigenvalue weighted by Gasteiger charge is 2.25. The zero-order valence-electron chi connectivity index (χ0n) is 16.4. The van der Waals surface area contributed by atoms with Gasteiger partial charge in [-0.25, -0.2) is 9.98 Å². The molecule has 7 nitrogen and oxygen atoms in total. The van der Waals surface area contributed by atoms with Gasteiger partial charge in [0.05, 0.1) is 22.2 Å². The smallest absolute Gasteiger partial charge is 0.144 e. The largest absolute Gasteiger partial charge is 0.382 e. The van der Waals surface area contributed by atoms with E-state index < -0.39 is 5.92 Å². The van der Waals surface area contributed by atoms with Crippen LogP contribution < -0.4 is 11.5 Å². The molecule has 6 N–H and O–H groups in total. The number of aromatic nitrogens is 2. The molecular formula is C21H22ClN7S. The first-order valence-electron chi connectivity index (χ1n) is 9.19. The minimum atomic E-state index is -0.410. The van der Waals surface area contributed by atoms with E-state index in [2.05, 4.69) is 9.98 Å². The Hall–Kier alpha value is -2.94. The number of halogens is 1. The number of hydrogen-bond donors (Lipinski definition) is 4. The topological polar surface area (TPSA) is 138 Å². The number of aliphatic imine (C=N–C) groups is 1. The van der Waals surface area contributed by atoms with Crippen LogP contribution in [0, 0.1) is 10.8 Å². The van der Waals surface area contributed by atoms with Crippen LogP contribution in [0.4, 0.5) is 0 Å². The molecule has 0 amide bonds. The SMILES string of the molecule is CC(=N)C(c1cc(CN)ccn1)c1nc(Cc2ccc(Cl)cc2)c(C(N)=NC=N)s1. The number of nitrogens with two attached hydrogens (primary N) is 2. The molecule has 0 bridgehead atoms. The lowest BCUT2D eigenvalue weighted by Crippen LogP contribution is -2.14. The fourth-order valence-corrected chi connectivity index (χ4v) is 4.35. The Morgan fingerprint density at radius 2 is 2.00 bits per heavy atom. The van der Waals surface area contributed by atoms with Crippen LogP contribution in [0.5, 0.6) is 0 Å². The Kier molecular flexibility index (Phi) is 7.04. The number of nitrogens with zero attached hydrogens (tertiary/aromatic N) is 3. The third-order valence-electron chi connectivity index (χ3n) is 4.49. The lowest BCUT2D eigenvalue weighted by molar-refractivity contribution is 0.929. The number of thiazole rings is 1. The van der Waals surface area contributed by atoms with Gasteiger partial charge < -0.3 is 16.9 Å². The summed E-state index contributed by atoms with van der Waals surface area (Å²) in [6.07, 6.45) is 3.13. The summed E-state index contributed by atoms with van der Waals surface area (Å²) in [5.74, 6) is -0.185. The van der Waals surface area contributed by atoms with Crippen molar-refractivity contribution in [1.82, 2.24) is 9.97 Å². The highest BCUT2D eigenvalue weighted by Crippen LogP contribution is 2.32. The predicted octanol–water partition coefficient (Wildman–Crippen LogP) is 3.72. The summed E-state index contributed by atoms with van der Waals surface area (Å²) in [7, 11) is 0. The summed E-state index contributed by atoms with van der Waals surface area (Å²) in [5.41, 5.74) is 15.7. The minimum Gasteiger partial charge on any atom is -0.382 e. The van der Waals surface area contributed by atoms with Gasteiger partial charge in [-0.05, 0) is 42.3 Å². The van der Waals surface area contributed by atoms with Crippen LogP contribution in [0.1, 0.15) is 45.2 Å². The maximum Gasteiger partial charge on any atom is 0.144 e. The van der Waals surface area contributed by atoms with Crippen LogP contribution in [-0.2, 0) is 13.0 Å². The summed E-state index contributed by atoms with van der Waals surface area (Å²) < 4.78 is 0. The van der Waals surface area contributed by atoms with E-state index in [4.69, 9.17) is 38.9 Å². The molecule has 0 aliphatic carbocycles. The summed E-state index contributed by atoms with van der Waals surface area (Å²) in [6, 6.07) is 11.3. The van der Waals surface area contributed by atoms with E-state index in [-0.39, 0.29) is 5.84 Å². The van der Waals surface area contributed by atoms with Gasteiger partial charge in [-0.2, -0.15) is 0 Å². The molecule has 0 saturated carbocycles.